The van der Waals surface area contributed by atoms with E-state index in [1.807, 2.05) is 10.9 Å². The average Bonchev–Trinajstić information content (AvgIpc) is 3.25. The molecule has 0 radical (unpaired) electrons. The van der Waals surface area contributed by atoms with Crippen molar-refractivity contribution < 1.29 is 0 Å². The van der Waals surface area contributed by atoms with Crippen LogP contribution in [0.3, 0.4) is 0 Å². The molecule has 2 heterocycles. The second-order valence-electron chi connectivity index (χ2n) is 6.69. The molecule has 2 aromatic rings. The highest BCUT2D eigenvalue weighted by atomic mass is 15.4. The van der Waals surface area contributed by atoms with Crippen LogP contribution in [-0.2, 0) is 6.54 Å². The van der Waals surface area contributed by atoms with Crippen molar-refractivity contribution in [3.63, 3.8) is 0 Å². The van der Waals surface area contributed by atoms with Crippen LogP contribution < -0.4 is 11.1 Å². The molecule has 0 spiro atoms. The highest BCUT2D eigenvalue weighted by Gasteiger charge is 2.32. The van der Waals surface area contributed by atoms with Crippen molar-refractivity contribution in [1.29, 1.82) is 0 Å². The lowest BCUT2D eigenvalue weighted by Gasteiger charge is -2.32. The Kier molecular flexibility index (Phi) is 3.95. The first-order chi connectivity index (χ1) is 11.3. The maximum atomic E-state index is 5.93. The van der Waals surface area contributed by atoms with Gasteiger partial charge in [-0.1, -0.05) is 5.21 Å². The van der Waals surface area contributed by atoms with Crippen LogP contribution in [0.5, 0.6) is 0 Å². The molecule has 2 aliphatic carbocycles. The van der Waals surface area contributed by atoms with Gasteiger partial charge in [0, 0.05) is 48.9 Å². The molecule has 0 unspecified atom stereocenters. The van der Waals surface area contributed by atoms with Crippen LogP contribution in [-0.4, -0.2) is 37.5 Å². The van der Waals surface area contributed by atoms with Gasteiger partial charge in [-0.2, -0.15) is 0 Å². The molecular formula is C16H23N7. The first-order valence-electron chi connectivity index (χ1n) is 8.50. The highest BCUT2D eigenvalue weighted by molar-refractivity contribution is 5.38. The van der Waals surface area contributed by atoms with Gasteiger partial charge in [-0.15, -0.1) is 5.10 Å². The third-order valence-corrected chi connectivity index (χ3v) is 4.64. The molecule has 23 heavy (non-hydrogen) atoms. The molecule has 0 aliphatic heterocycles. The van der Waals surface area contributed by atoms with Crippen LogP contribution >= 0.6 is 0 Å². The van der Waals surface area contributed by atoms with Gasteiger partial charge in [-0.3, -0.25) is 4.68 Å². The summed E-state index contributed by atoms with van der Waals surface area (Å²) in [4.78, 5) is 9.49. The third-order valence-electron chi connectivity index (χ3n) is 4.64. The minimum atomic E-state index is 0.346. The van der Waals surface area contributed by atoms with Crippen molar-refractivity contribution in [1.82, 2.24) is 25.0 Å². The normalized spacial score (nSPS) is 23.5. The van der Waals surface area contributed by atoms with Crippen molar-refractivity contribution in [2.45, 2.75) is 56.5 Å². The molecule has 0 saturated heterocycles. The smallest absolute Gasteiger partial charge is 0.134 e. The molecule has 0 amide bonds. The molecule has 7 nitrogen and oxygen atoms in total. The second-order valence-corrected chi connectivity index (χ2v) is 6.69. The fourth-order valence-corrected chi connectivity index (χ4v) is 3.02. The number of hydrogen-bond donors (Lipinski definition) is 2. The summed E-state index contributed by atoms with van der Waals surface area (Å²) in [6.45, 7) is 1.72. The van der Waals surface area contributed by atoms with Crippen LogP contribution in [0.2, 0.25) is 0 Å². The maximum Gasteiger partial charge on any atom is 0.134 e. The summed E-state index contributed by atoms with van der Waals surface area (Å²) < 4.78 is 1.85. The van der Waals surface area contributed by atoms with E-state index in [1.54, 1.807) is 6.20 Å². The molecule has 122 valence electrons. The predicted octanol–water partition coefficient (Wildman–Crippen LogP) is 1.65. The van der Waals surface area contributed by atoms with Crippen molar-refractivity contribution in [2.24, 2.45) is 5.73 Å². The second kappa shape index (κ2) is 6.23. The number of nitrogens with one attached hydrogen (secondary N) is 1. The lowest BCUT2D eigenvalue weighted by atomic mass is 9.78. The predicted molar refractivity (Wildman–Crippen MR) is 87.1 cm³/mol. The first-order valence-corrected chi connectivity index (χ1v) is 8.50. The Bertz CT molecular complexity index is 644. The zero-order chi connectivity index (χ0) is 15.6. The Morgan fingerprint density at radius 2 is 2.09 bits per heavy atom. The van der Waals surface area contributed by atoms with E-state index >= 15 is 0 Å². The summed E-state index contributed by atoms with van der Waals surface area (Å²) in [6, 6.07) is 2.45. The number of rotatable bonds is 7. The minimum absolute atomic E-state index is 0.346. The SMILES string of the molecule is NC1CC(c2cc(NCCCn3ccnn3)nc(C3CC3)n2)C1. The van der Waals surface area contributed by atoms with Gasteiger partial charge in [0.1, 0.15) is 11.6 Å². The molecule has 4 rings (SSSR count). The molecule has 0 aromatic carbocycles. The van der Waals surface area contributed by atoms with Gasteiger partial charge in [0.25, 0.3) is 0 Å². The third kappa shape index (κ3) is 3.50. The summed E-state index contributed by atoms with van der Waals surface area (Å²) in [5.41, 5.74) is 7.10. The van der Waals surface area contributed by atoms with E-state index in [2.05, 4.69) is 21.7 Å². The molecule has 2 aliphatic rings. The fraction of sp³-hybridized carbons (Fsp3) is 0.625. The maximum absolute atomic E-state index is 5.93. The lowest BCUT2D eigenvalue weighted by Crippen LogP contribution is -2.35. The molecular weight excluding hydrogens is 290 g/mol. The molecule has 0 atom stereocenters. The van der Waals surface area contributed by atoms with Crippen LogP contribution in [0.15, 0.2) is 18.5 Å². The molecule has 2 aromatic heterocycles. The summed E-state index contributed by atoms with van der Waals surface area (Å²) in [5.74, 6) is 3.05. The van der Waals surface area contributed by atoms with Crippen LogP contribution in [0.4, 0.5) is 5.82 Å². The molecule has 0 bridgehead atoms. The summed E-state index contributed by atoms with van der Waals surface area (Å²) in [5, 5.41) is 11.2. The van der Waals surface area contributed by atoms with Crippen LogP contribution in [0, 0.1) is 0 Å². The first kappa shape index (κ1) is 14.6. The number of aromatic nitrogens is 5. The van der Waals surface area contributed by atoms with E-state index in [9.17, 15) is 0 Å². The Morgan fingerprint density at radius 3 is 2.78 bits per heavy atom. The Morgan fingerprint density at radius 1 is 1.22 bits per heavy atom. The van der Waals surface area contributed by atoms with E-state index in [0.717, 1.165) is 44.0 Å². The van der Waals surface area contributed by atoms with E-state index in [1.165, 1.54) is 18.5 Å². The van der Waals surface area contributed by atoms with Crippen molar-refractivity contribution >= 4 is 5.82 Å². The topological polar surface area (TPSA) is 94.5 Å². The van der Waals surface area contributed by atoms with Crippen molar-refractivity contribution in [3.8, 4) is 0 Å². The zero-order valence-corrected chi connectivity index (χ0v) is 13.2. The van der Waals surface area contributed by atoms with E-state index in [-0.39, 0.29) is 0 Å². The van der Waals surface area contributed by atoms with Gasteiger partial charge in [0.05, 0.1) is 6.20 Å². The van der Waals surface area contributed by atoms with Gasteiger partial charge in [0.15, 0.2) is 0 Å². The van der Waals surface area contributed by atoms with Gasteiger partial charge in [0.2, 0.25) is 0 Å². The fourth-order valence-electron chi connectivity index (χ4n) is 3.02. The molecule has 3 N–H and O–H groups in total. The van der Waals surface area contributed by atoms with Crippen molar-refractivity contribution in [3.05, 3.63) is 30.0 Å². The Labute approximate surface area is 135 Å². The monoisotopic (exact) mass is 313 g/mol. The van der Waals surface area contributed by atoms with Gasteiger partial charge in [-0.05, 0) is 32.1 Å². The zero-order valence-electron chi connectivity index (χ0n) is 13.2. The lowest BCUT2D eigenvalue weighted by molar-refractivity contribution is 0.344. The van der Waals surface area contributed by atoms with E-state index in [0.29, 0.717) is 17.9 Å². The Balaban J connectivity index is 1.38. The quantitative estimate of drug-likeness (QED) is 0.755. The largest absolute Gasteiger partial charge is 0.370 e. The summed E-state index contributed by atoms with van der Waals surface area (Å²) >= 11 is 0. The highest BCUT2D eigenvalue weighted by Crippen LogP contribution is 2.41. The number of nitrogens with two attached hydrogens (primary N) is 1. The summed E-state index contributed by atoms with van der Waals surface area (Å²) in [7, 11) is 0. The average molecular weight is 313 g/mol. The number of aryl methyl sites for hydroxylation is 1. The van der Waals surface area contributed by atoms with E-state index < -0.39 is 0 Å². The van der Waals surface area contributed by atoms with Crippen molar-refractivity contribution in [2.75, 3.05) is 11.9 Å². The van der Waals surface area contributed by atoms with E-state index in [4.69, 9.17) is 15.7 Å². The molecule has 2 fully saturated rings. The van der Waals surface area contributed by atoms with Crippen LogP contribution in [0.1, 0.15) is 55.5 Å². The number of nitrogens with zero attached hydrogens (tertiary/aromatic N) is 5. The minimum Gasteiger partial charge on any atom is -0.370 e. The Hall–Kier alpha value is -2.02. The number of anilines is 1. The standard InChI is InChI=1S/C16H23N7/c17-13-8-12(9-13)14-10-15(21-16(20-14)11-2-3-11)18-4-1-6-23-7-5-19-22-23/h5,7,10-13H,1-4,6,8-9,17H2,(H,18,20,21). The molecule has 7 heteroatoms. The van der Waals surface area contributed by atoms with Crippen LogP contribution in [0.25, 0.3) is 0 Å². The number of hydrogen-bond acceptors (Lipinski definition) is 6. The van der Waals surface area contributed by atoms with Gasteiger partial charge >= 0.3 is 0 Å². The van der Waals surface area contributed by atoms with Gasteiger partial charge < -0.3 is 11.1 Å². The van der Waals surface area contributed by atoms with Gasteiger partial charge in [-0.25, -0.2) is 9.97 Å². The molecule has 2 saturated carbocycles. The summed E-state index contributed by atoms with van der Waals surface area (Å²) in [6.07, 6.45) is 9.11.